The molecule has 0 aromatic carbocycles. The zero-order valence-electron chi connectivity index (χ0n) is 10.1. The molecule has 92 valence electrons. The molecule has 1 fully saturated rings. The van der Waals surface area contributed by atoms with Gasteiger partial charge in [-0.3, -0.25) is 0 Å². The van der Waals surface area contributed by atoms with Gasteiger partial charge in [-0.2, -0.15) is 5.26 Å². The quantitative estimate of drug-likeness (QED) is 0.665. The molecule has 0 aromatic heterocycles. The van der Waals surface area contributed by atoms with Gasteiger partial charge in [-0.25, -0.2) is 0 Å². The second-order valence-electron chi connectivity index (χ2n) is 4.19. The molecule has 1 aliphatic carbocycles. The van der Waals surface area contributed by atoms with Crippen molar-refractivity contribution in [2.45, 2.75) is 31.7 Å². The van der Waals surface area contributed by atoms with Gasteiger partial charge in [0.1, 0.15) is 0 Å². The summed E-state index contributed by atoms with van der Waals surface area (Å²) in [6.45, 7) is 2.80. The first-order valence-corrected chi connectivity index (χ1v) is 6.08. The molecule has 1 rings (SSSR count). The molecule has 2 atom stereocenters. The predicted octanol–water partition coefficient (Wildman–Crippen LogP) is 1.32. The lowest BCUT2D eigenvalue weighted by Crippen LogP contribution is -2.39. The van der Waals surface area contributed by atoms with Crippen LogP contribution in [0.15, 0.2) is 0 Å². The van der Waals surface area contributed by atoms with Crippen LogP contribution in [-0.4, -0.2) is 39.5 Å². The van der Waals surface area contributed by atoms with Crippen molar-refractivity contribution in [1.82, 2.24) is 5.32 Å². The maximum Gasteiger partial charge on any atom is 0.0700 e. The molecular formula is C12H22N2O2. The Balaban J connectivity index is 2.04. The van der Waals surface area contributed by atoms with E-state index in [-0.39, 0.29) is 5.92 Å². The van der Waals surface area contributed by atoms with E-state index in [0.29, 0.717) is 25.9 Å². The fourth-order valence-electron chi connectivity index (χ4n) is 2.09. The minimum absolute atomic E-state index is 0.188. The van der Waals surface area contributed by atoms with E-state index in [9.17, 15) is 0 Å². The van der Waals surface area contributed by atoms with Gasteiger partial charge >= 0.3 is 0 Å². The molecule has 4 heteroatoms. The van der Waals surface area contributed by atoms with Gasteiger partial charge in [0, 0.05) is 19.7 Å². The number of nitrogens with one attached hydrogen (secondary N) is 1. The summed E-state index contributed by atoms with van der Waals surface area (Å²) in [7, 11) is 1.67. The highest BCUT2D eigenvalue weighted by Gasteiger charge is 2.23. The van der Waals surface area contributed by atoms with E-state index in [2.05, 4.69) is 11.4 Å². The molecule has 0 saturated heterocycles. The molecule has 0 bridgehead atoms. The molecule has 0 aromatic rings. The van der Waals surface area contributed by atoms with E-state index in [1.54, 1.807) is 7.11 Å². The zero-order chi connectivity index (χ0) is 11.6. The summed E-state index contributed by atoms with van der Waals surface area (Å²) in [4.78, 5) is 0. The Labute approximate surface area is 97.9 Å². The topological polar surface area (TPSA) is 54.3 Å². The molecular weight excluding hydrogens is 204 g/mol. The standard InChI is InChI=1S/C12H22N2O2/c1-15-8-9-16-7-6-14-12-5-3-2-4-11(12)10-13/h11-12,14H,2-9H2,1H3. The molecule has 16 heavy (non-hydrogen) atoms. The van der Waals surface area contributed by atoms with E-state index in [1.807, 2.05) is 0 Å². The fraction of sp³-hybridized carbons (Fsp3) is 0.917. The third-order valence-electron chi connectivity index (χ3n) is 3.02. The molecule has 0 amide bonds. The summed E-state index contributed by atoms with van der Waals surface area (Å²) >= 11 is 0. The maximum absolute atomic E-state index is 9.00. The SMILES string of the molecule is COCCOCCNC1CCCCC1C#N. The lowest BCUT2D eigenvalue weighted by molar-refractivity contribution is 0.0699. The van der Waals surface area contributed by atoms with Crippen molar-refractivity contribution >= 4 is 0 Å². The van der Waals surface area contributed by atoms with Crippen LogP contribution in [0.25, 0.3) is 0 Å². The van der Waals surface area contributed by atoms with Gasteiger partial charge in [-0.05, 0) is 12.8 Å². The van der Waals surface area contributed by atoms with Crippen LogP contribution < -0.4 is 5.32 Å². The molecule has 2 unspecified atom stereocenters. The molecule has 0 radical (unpaired) electrons. The Morgan fingerprint density at radius 1 is 1.25 bits per heavy atom. The molecule has 0 heterocycles. The normalized spacial score (nSPS) is 25.2. The maximum atomic E-state index is 9.00. The van der Waals surface area contributed by atoms with E-state index < -0.39 is 0 Å². The Morgan fingerprint density at radius 3 is 2.81 bits per heavy atom. The van der Waals surface area contributed by atoms with Crippen molar-refractivity contribution in [2.75, 3.05) is 33.5 Å². The number of rotatable bonds is 7. The van der Waals surface area contributed by atoms with Crippen molar-refractivity contribution in [1.29, 1.82) is 5.26 Å². The largest absolute Gasteiger partial charge is 0.382 e. The fourth-order valence-corrected chi connectivity index (χ4v) is 2.09. The monoisotopic (exact) mass is 226 g/mol. The number of ether oxygens (including phenoxy) is 2. The third kappa shape index (κ3) is 4.93. The number of hydrogen-bond donors (Lipinski definition) is 1. The molecule has 4 nitrogen and oxygen atoms in total. The zero-order valence-corrected chi connectivity index (χ0v) is 10.1. The van der Waals surface area contributed by atoms with Gasteiger partial charge in [0.05, 0.1) is 31.8 Å². The number of nitriles is 1. The van der Waals surface area contributed by atoms with Crippen LogP contribution in [-0.2, 0) is 9.47 Å². The summed E-state index contributed by atoms with van der Waals surface area (Å²) in [5.41, 5.74) is 0. The van der Waals surface area contributed by atoms with Gasteiger partial charge in [0.15, 0.2) is 0 Å². The lowest BCUT2D eigenvalue weighted by atomic mass is 9.85. The van der Waals surface area contributed by atoms with Crippen LogP contribution in [0.5, 0.6) is 0 Å². The van der Waals surface area contributed by atoms with Crippen molar-refractivity contribution in [2.24, 2.45) is 5.92 Å². The van der Waals surface area contributed by atoms with E-state index in [4.69, 9.17) is 14.7 Å². The minimum Gasteiger partial charge on any atom is -0.382 e. The first-order valence-electron chi connectivity index (χ1n) is 6.08. The van der Waals surface area contributed by atoms with Crippen LogP contribution >= 0.6 is 0 Å². The van der Waals surface area contributed by atoms with E-state index >= 15 is 0 Å². The smallest absolute Gasteiger partial charge is 0.0700 e. The van der Waals surface area contributed by atoms with Crippen LogP contribution in [0.1, 0.15) is 25.7 Å². The van der Waals surface area contributed by atoms with Crippen LogP contribution in [0.2, 0.25) is 0 Å². The average Bonchev–Trinajstić information content (AvgIpc) is 2.34. The Kier molecular flexibility index (Phi) is 7.15. The first kappa shape index (κ1) is 13.4. The predicted molar refractivity (Wildman–Crippen MR) is 62.1 cm³/mol. The summed E-state index contributed by atoms with van der Waals surface area (Å²) in [5, 5.41) is 12.4. The average molecular weight is 226 g/mol. The summed E-state index contributed by atoms with van der Waals surface area (Å²) in [5.74, 6) is 0.188. The highest BCUT2D eigenvalue weighted by molar-refractivity contribution is 4.94. The first-order chi connectivity index (χ1) is 7.88. The molecule has 0 spiro atoms. The number of methoxy groups -OCH3 is 1. The summed E-state index contributed by atoms with van der Waals surface area (Å²) in [6, 6.07) is 2.76. The number of hydrogen-bond acceptors (Lipinski definition) is 4. The Bertz CT molecular complexity index is 216. The second kappa shape index (κ2) is 8.51. The summed E-state index contributed by atoms with van der Waals surface area (Å²) < 4.78 is 10.2. The summed E-state index contributed by atoms with van der Waals surface area (Å²) in [6.07, 6.45) is 4.59. The molecule has 1 N–H and O–H groups in total. The van der Waals surface area contributed by atoms with Crippen molar-refractivity contribution in [3.63, 3.8) is 0 Å². The second-order valence-corrected chi connectivity index (χ2v) is 4.19. The molecule has 1 saturated carbocycles. The van der Waals surface area contributed by atoms with E-state index in [1.165, 1.54) is 12.8 Å². The van der Waals surface area contributed by atoms with Crippen LogP contribution in [0.3, 0.4) is 0 Å². The van der Waals surface area contributed by atoms with Gasteiger partial charge in [0.2, 0.25) is 0 Å². The lowest BCUT2D eigenvalue weighted by Gasteiger charge is -2.27. The van der Waals surface area contributed by atoms with Crippen LogP contribution in [0, 0.1) is 17.2 Å². The molecule has 0 aliphatic heterocycles. The Morgan fingerprint density at radius 2 is 2.06 bits per heavy atom. The Hall–Kier alpha value is -0.630. The van der Waals surface area contributed by atoms with E-state index in [0.717, 1.165) is 19.4 Å². The minimum atomic E-state index is 0.188. The molecule has 1 aliphatic rings. The van der Waals surface area contributed by atoms with Crippen LogP contribution in [0.4, 0.5) is 0 Å². The van der Waals surface area contributed by atoms with Gasteiger partial charge in [-0.15, -0.1) is 0 Å². The van der Waals surface area contributed by atoms with Gasteiger partial charge in [-0.1, -0.05) is 12.8 Å². The highest BCUT2D eigenvalue weighted by Crippen LogP contribution is 2.23. The van der Waals surface area contributed by atoms with Gasteiger partial charge < -0.3 is 14.8 Å². The van der Waals surface area contributed by atoms with Crippen molar-refractivity contribution in [3.8, 4) is 6.07 Å². The van der Waals surface area contributed by atoms with Gasteiger partial charge in [0.25, 0.3) is 0 Å². The van der Waals surface area contributed by atoms with Crippen molar-refractivity contribution < 1.29 is 9.47 Å². The third-order valence-corrected chi connectivity index (χ3v) is 3.02. The highest BCUT2D eigenvalue weighted by atomic mass is 16.5. The number of nitrogens with zero attached hydrogens (tertiary/aromatic N) is 1. The van der Waals surface area contributed by atoms with Crippen molar-refractivity contribution in [3.05, 3.63) is 0 Å².